The van der Waals surface area contributed by atoms with Crippen LogP contribution in [0.25, 0.3) is 0 Å². The van der Waals surface area contributed by atoms with Gasteiger partial charge in [0, 0.05) is 11.4 Å². The van der Waals surface area contributed by atoms with Crippen molar-refractivity contribution < 1.29 is 9.47 Å². The topological polar surface area (TPSA) is 18.5 Å². The first-order valence-electron chi connectivity index (χ1n) is 4.99. The second-order valence-corrected chi connectivity index (χ2v) is 3.89. The van der Waals surface area contributed by atoms with Crippen LogP contribution in [-0.4, -0.2) is 12.7 Å². The fourth-order valence-corrected chi connectivity index (χ4v) is 1.98. The third-order valence-electron chi connectivity index (χ3n) is 2.37. The molecule has 2 rings (SSSR count). The molecule has 15 heavy (non-hydrogen) atoms. The number of hydrogen-bond donors (Lipinski definition) is 0. The van der Waals surface area contributed by atoms with Gasteiger partial charge < -0.3 is 9.47 Å². The van der Waals surface area contributed by atoms with E-state index in [1.54, 1.807) is 4.99 Å². The van der Waals surface area contributed by atoms with E-state index in [1.165, 1.54) is 5.56 Å². The van der Waals surface area contributed by atoms with Crippen molar-refractivity contribution in [2.75, 3.05) is 6.61 Å². The van der Waals surface area contributed by atoms with Crippen molar-refractivity contribution in [1.82, 2.24) is 0 Å². The molecule has 0 N–H and O–H groups in total. The highest BCUT2D eigenvalue weighted by atomic mass is 79.9. The maximum Gasteiger partial charge on any atom is 0.132 e. The van der Waals surface area contributed by atoms with Gasteiger partial charge in [-0.25, -0.2) is 0 Å². The zero-order chi connectivity index (χ0) is 10.5. The Hall–Kier alpha value is -0.800. The Kier molecular flexibility index (Phi) is 3.80. The van der Waals surface area contributed by atoms with Crippen LogP contribution in [0.1, 0.15) is 12.0 Å². The first kappa shape index (κ1) is 10.7. The van der Waals surface area contributed by atoms with E-state index in [-0.39, 0.29) is 6.10 Å². The Balaban J connectivity index is 1.88. The standard InChI is InChI=1S/C12H13BrO2/c13-8-12-11(6-7-14-12)15-9-10-4-2-1-3-5-10/h1-5,8,11H,6-7,9H2/b12-8-. The lowest BCUT2D eigenvalue weighted by Crippen LogP contribution is -2.10. The van der Waals surface area contributed by atoms with Crippen LogP contribution in [0.15, 0.2) is 41.1 Å². The smallest absolute Gasteiger partial charge is 0.132 e. The summed E-state index contributed by atoms with van der Waals surface area (Å²) in [6, 6.07) is 10.2. The molecule has 1 heterocycles. The maximum atomic E-state index is 5.77. The Bertz CT molecular complexity index is 335. The third kappa shape index (κ3) is 2.83. The van der Waals surface area contributed by atoms with Gasteiger partial charge in [-0.1, -0.05) is 46.3 Å². The van der Waals surface area contributed by atoms with Crippen LogP contribution in [-0.2, 0) is 16.1 Å². The van der Waals surface area contributed by atoms with Gasteiger partial charge in [0.15, 0.2) is 0 Å². The predicted octanol–water partition coefficient (Wildman–Crippen LogP) is 3.23. The minimum Gasteiger partial charge on any atom is -0.494 e. The molecule has 1 aromatic carbocycles. The monoisotopic (exact) mass is 268 g/mol. The summed E-state index contributed by atoms with van der Waals surface area (Å²) in [6.07, 6.45) is 1.04. The predicted molar refractivity (Wildman–Crippen MR) is 62.6 cm³/mol. The highest BCUT2D eigenvalue weighted by Gasteiger charge is 2.22. The molecule has 0 bridgehead atoms. The number of halogens is 1. The molecule has 1 aliphatic rings. The molecular weight excluding hydrogens is 256 g/mol. The van der Waals surface area contributed by atoms with E-state index >= 15 is 0 Å². The number of benzene rings is 1. The lowest BCUT2D eigenvalue weighted by molar-refractivity contribution is 0.0619. The molecular formula is C12H13BrO2. The van der Waals surface area contributed by atoms with E-state index in [4.69, 9.17) is 9.47 Å². The molecule has 1 aliphatic heterocycles. The fraction of sp³-hybridized carbons (Fsp3) is 0.333. The van der Waals surface area contributed by atoms with Crippen LogP contribution < -0.4 is 0 Å². The van der Waals surface area contributed by atoms with Gasteiger partial charge in [0.05, 0.1) is 13.2 Å². The van der Waals surface area contributed by atoms with Gasteiger partial charge in [0.2, 0.25) is 0 Å². The minimum absolute atomic E-state index is 0.101. The highest BCUT2D eigenvalue weighted by Crippen LogP contribution is 2.22. The Morgan fingerprint density at radius 1 is 1.40 bits per heavy atom. The summed E-state index contributed by atoms with van der Waals surface area (Å²) in [6.45, 7) is 1.39. The van der Waals surface area contributed by atoms with Gasteiger partial charge in [-0.05, 0) is 5.56 Å². The molecule has 1 fully saturated rings. The average molecular weight is 269 g/mol. The lowest BCUT2D eigenvalue weighted by Gasteiger charge is -2.10. The minimum atomic E-state index is 0.101. The molecule has 0 amide bonds. The van der Waals surface area contributed by atoms with Gasteiger partial charge in [-0.15, -0.1) is 0 Å². The van der Waals surface area contributed by atoms with Crippen LogP contribution in [0.2, 0.25) is 0 Å². The SMILES string of the molecule is Br/C=C1\OCCC1OCc1ccccc1. The van der Waals surface area contributed by atoms with Crippen molar-refractivity contribution in [3.63, 3.8) is 0 Å². The van der Waals surface area contributed by atoms with E-state index in [0.29, 0.717) is 6.61 Å². The first-order chi connectivity index (χ1) is 7.40. The fourth-order valence-electron chi connectivity index (χ4n) is 1.56. The number of hydrogen-bond acceptors (Lipinski definition) is 2. The van der Waals surface area contributed by atoms with Crippen LogP contribution in [0, 0.1) is 0 Å². The van der Waals surface area contributed by atoms with E-state index in [1.807, 2.05) is 18.2 Å². The van der Waals surface area contributed by atoms with Crippen molar-refractivity contribution in [1.29, 1.82) is 0 Å². The average Bonchev–Trinajstić information content (AvgIpc) is 2.75. The molecule has 0 spiro atoms. The molecule has 0 aliphatic carbocycles. The summed E-state index contributed by atoms with van der Waals surface area (Å²) in [7, 11) is 0. The summed E-state index contributed by atoms with van der Waals surface area (Å²) in [5, 5.41) is 0. The number of rotatable bonds is 3. The molecule has 0 saturated carbocycles. The molecule has 0 aromatic heterocycles. The zero-order valence-electron chi connectivity index (χ0n) is 8.36. The number of ether oxygens (including phenoxy) is 2. The van der Waals surface area contributed by atoms with Crippen LogP contribution in [0.3, 0.4) is 0 Å². The van der Waals surface area contributed by atoms with E-state index < -0.39 is 0 Å². The molecule has 1 atom stereocenters. The van der Waals surface area contributed by atoms with E-state index in [0.717, 1.165) is 18.8 Å². The third-order valence-corrected chi connectivity index (χ3v) is 2.82. The Morgan fingerprint density at radius 3 is 2.93 bits per heavy atom. The first-order valence-corrected chi connectivity index (χ1v) is 5.90. The van der Waals surface area contributed by atoms with Gasteiger partial charge in [-0.2, -0.15) is 0 Å². The van der Waals surface area contributed by atoms with Crippen molar-refractivity contribution in [3.05, 3.63) is 46.6 Å². The summed E-state index contributed by atoms with van der Waals surface area (Å²) in [5.74, 6) is 0.894. The molecule has 1 unspecified atom stereocenters. The molecule has 0 radical (unpaired) electrons. The quantitative estimate of drug-likeness (QED) is 0.838. The van der Waals surface area contributed by atoms with E-state index in [9.17, 15) is 0 Å². The van der Waals surface area contributed by atoms with Crippen LogP contribution in [0.4, 0.5) is 0 Å². The Morgan fingerprint density at radius 2 is 2.20 bits per heavy atom. The second-order valence-electron chi connectivity index (χ2n) is 3.43. The summed E-state index contributed by atoms with van der Waals surface area (Å²) in [4.78, 5) is 1.80. The molecule has 80 valence electrons. The van der Waals surface area contributed by atoms with Crippen LogP contribution >= 0.6 is 15.9 Å². The van der Waals surface area contributed by atoms with Gasteiger partial charge in [0.1, 0.15) is 11.9 Å². The van der Waals surface area contributed by atoms with Gasteiger partial charge >= 0.3 is 0 Å². The van der Waals surface area contributed by atoms with Gasteiger partial charge in [0.25, 0.3) is 0 Å². The molecule has 1 aromatic rings. The van der Waals surface area contributed by atoms with E-state index in [2.05, 4.69) is 28.1 Å². The van der Waals surface area contributed by atoms with Gasteiger partial charge in [-0.3, -0.25) is 0 Å². The van der Waals surface area contributed by atoms with Crippen LogP contribution in [0.5, 0.6) is 0 Å². The lowest BCUT2D eigenvalue weighted by atomic mass is 10.2. The molecule has 1 saturated heterocycles. The second kappa shape index (κ2) is 5.33. The summed E-state index contributed by atoms with van der Waals surface area (Å²) < 4.78 is 11.2. The summed E-state index contributed by atoms with van der Waals surface area (Å²) >= 11 is 3.28. The van der Waals surface area contributed by atoms with Crippen molar-refractivity contribution in [2.45, 2.75) is 19.1 Å². The molecule has 2 nitrogen and oxygen atoms in total. The van der Waals surface area contributed by atoms with Crippen molar-refractivity contribution in [2.24, 2.45) is 0 Å². The van der Waals surface area contributed by atoms with Crippen molar-refractivity contribution in [3.8, 4) is 0 Å². The molecule has 3 heteroatoms. The highest BCUT2D eigenvalue weighted by molar-refractivity contribution is 9.11. The summed E-state index contributed by atoms with van der Waals surface area (Å²) in [5.41, 5.74) is 1.19. The Labute approximate surface area is 98.0 Å². The van der Waals surface area contributed by atoms with Crippen molar-refractivity contribution >= 4 is 15.9 Å². The maximum absolute atomic E-state index is 5.77. The zero-order valence-corrected chi connectivity index (χ0v) is 9.94. The normalized spacial score (nSPS) is 23.0. The largest absolute Gasteiger partial charge is 0.494 e.